The van der Waals surface area contributed by atoms with Crippen LogP contribution in [0.2, 0.25) is 0 Å². The number of carbonyl (C=O) groups excluding carboxylic acids is 1. The van der Waals surface area contributed by atoms with Crippen LogP contribution in [0.15, 0.2) is 18.6 Å². The van der Waals surface area contributed by atoms with Crippen LogP contribution < -0.4 is 10.6 Å². The van der Waals surface area contributed by atoms with Crippen molar-refractivity contribution in [1.82, 2.24) is 15.3 Å². The number of amides is 1. The Hall–Kier alpha value is -1.14. The second-order valence-corrected chi connectivity index (χ2v) is 4.41. The third-order valence-electron chi connectivity index (χ3n) is 1.74. The molecule has 0 spiro atoms. The highest BCUT2D eigenvalue weighted by Crippen LogP contribution is 1.96. The van der Waals surface area contributed by atoms with Crippen molar-refractivity contribution >= 4 is 23.5 Å². The van der Waals surface area contributed by atoms with Crippen LogP contribution in [0.4, 0.5) is 5.82 Å². The predicted molar refractivity (Wildman–Crippen MR) is 66.5 cm³/mol. The number of rotatable bonds is 7. The predicted octanol–water partition coefficient (Wildman–Crippen LogP) is 0.758. The lowest BCUT2D eigenvalue weighted by molar-refractivity contribution is -0.115. The first-order chi connectivity index (χ1) is 7.83. The first kappa shape index (κ1) is 12.9. The van der Waals surface area contributed by atoms with Gasteiger partial charge in [0.05, 0.1) is 12.7 Å². The van der Waals surface area contributed by atoms with Gasteiger partial charge in [0.1, 0.15) is 0 Å². The first-order valence-electron chi connectivity index (χ1n) is 5.17. The fourth-order valence-electron chi connectivity index (χ4n) is 1.04. The van der Waals surface area contributed by atoms with Gasteiger partial charge in [0.25, 0.3) is 0 Å². The van der Waals surface area contributed by atoms with Gasteiger partial charge in [0.15, 0.2) is 5.82 Å². The van der Waals surface area contributed by atoms with Gasteiger partial charge in [-0.3, -0.25) is 9.78 Å². The van der Waals surface area contributed by atoms with E-state index in [1.54, 1.807) is 12.4 Å². The molecule has 0 aliphatic heterocycles. The standard InChI is InChI=1S/C10H16N4OS/c1-2-16-6-5-12-8-10(15)14-9-7-11-3-4-13-9/h3-4,7,12H,2,5-6,8H2,1H3,(H,13,14,15). The SMILES string of the molecule is CCSCCNCC(=O)Nc1cnccn1. The fourth-order valence-corrected chi connectivity index (χ4v) is 1.62. The largest absolute Gasteiger partial charge is 0.308 e. The van der Waals surface area contributed by atoms with E-state index in [-0.39, 0.29) is 5.91 Å². The Kier molecular flexibility index (Phi) is 6.52. The molecule has 0 fully saturated rings. The Morgan fingerprint density at radius 1 is 1.50 bits per heavy atom. The fraction of sp³-hybridized carbons (Fsp3) is 0.500. The Bertz CT molecular complexity index is 307. The van der Waals surface area contributed by atoms with Gasteiger partial charge in [-0.25, -0.2) is 4.98 Å². The Morgan fingerprint density at radius 3 is 3.06 bits per heavy atom. The molecule has 1 amide bonds. The zero-order chi connectivity index (χ0) is 11.6. The Labute approximate surface area is 99.4 Å². The van der Waals surface area contributed by atoms with Gasteiger partial charge in [-0.15, -0.1) is 0 Å². The summed E-state index contributed by atoms with van der Waals surface area (Å²) in [5.74, 6) is 2.52. The van der Waals surface area contributed by atoms with E-state index < -0.39 is 0 Å². The number of carbonyl (C=O) groups is 1. The van der Waals surface area contributed by atoms with Crippen molar-refractivity contribution in [3.05, 3.63) is 18.6 Å². The van der Waals surface area contributed by atoms with Gasteiger partial charge in [-0.2, -0.15) is 11.8 Å². The third-order valence-corrected chi connectivity index (χ3v) is 2.64. The maximum atomic E-state index is 11.4. The minimum absolute atomic E-state index is 0.0954. The second-order valence-electron chi connectivity index (χ2n) is 3.01. The van der Waals surface area contributed by atoms with Crippen molar-refractivity contribution < 1.29 is 4.79 Å². The van der Waals surface area contributed by atoms with Crippen molar-refractivity contribution in [3.8, 4) is 0 Å². The van der Waals surface area contributed by atoms with E-state index in [0.717, 1.165) is 18.1 Å². The smallest absolute Gasteiger partial charge is 0.239 e. The molecule has 6 heteroatoms. The summed E-state index contributed by atoms with van der Waals surface area (Å²) in [7, 11) is 0. The molecular weight excluding hydrogens is 224 g/mol. The van der Waals surface area contributed by atoms with Crippen molar-refractivity contribution in [2.24, 2.45) is 0 Å². The zero-order valence-corrected chi connectivity index (χ0v) is 10.1. The van der Waals surface area contributed by atoms with Crippen molar-refractivity contribution in [2.75, 3.05) is 29.9 Å². The molecule has 0 atom stereocenters. The number of hydrogen-bond acceptors (Lipinski definition) is 5. The lowest BCUT2D eigenvalue weighted by Gasteiger charge is -2.04. The summed E-state index contributed by atoms with van der Waals surface area (Å²) in [5, 5.41) is 5.71. The highest BCUT2D eigenvalue weighted by molar-refractivity contribution is 7.99. The summed E-state index contributed by atoms with van der Waals surface area (Å²) in [6.45, 7) is 3.26. The number of aromatic nitrogens is 2. The normalized spacial score (nSPS) is 10.1. The van der Waals surface area contributed by atoms with Crippen LogP contribution in [0, 0.1) is 0 Å². The maximum Gasteiger partial charge on any atom is 0.239 e. The summed E-state index contributed by atoms with van der Waals surface area (Å²) in [5.41, 5.74) is 0. The lowest BCUT2D eigenvalue weighted by Crippen LogP contribution is -2.29. The lowest BCUT2D eigenvalue weighted by atomic mass is 10.5. The van der Waals surface area contributed by atoms with Crippen LogP contribution >= 0.6 is 11.8 Å². The van der Waals surface area contributed by atoms with Gasteiger partial charge < -0.3 is 10.6 Å². The number of nitrogens with one attached hydrogen (secondary N) is 2. The van der Waals surface area contributed by atoms with Gasteiger partial charge >= 0.3 is 0 Å². The average Bonchev–Trinajstić information content (AvgIpc) is 2.30. The van der Waals surface area contributed by atoms with Crippen LogP contribution in [0.5, 0.6) is 0 Å². The number of thioether (sulfide) groups is 1. The van der Waals surface area contributed by atoms with Crippen LogP contribution in [0.3, 0.4) is 0 Å². The molecule has 0 bridgehead atoms. The van der Waals surface area contributed by atoms with Crippen molar-refractivity contribution in [1.29, 1.82) is 0 Å². The molecule has 0 unspecified atom stereocenters. The molecule has 0 aliphatic carbocycles. The topological polar surface area (TPSA) is 66.9 Å². The van der Waals surface area contributed by atoms with E-state index in [4.69, 9.17) is 0 Å². The molecule has 1 heterocycles. The van der Waals surface area contributed by atoms with Gasteiger partial charge in [-0.05, 0) is 5.75 Å². The molecule has 1 aromatic rings. The van der Waals surface area contributed by atoms with Crippen LogP contribution in [0.1, 0.15) is 6.92 Å². The summed E-state index contributed by atoms with van der Waals surface area (Å²) < 4.78 is 0. The van der Waals surface area contributed by atoms with E-state index in [1.807, 2.05) is 11.8 Å². The molecule has 0 saturated carbocycles. The molecule has 88 valence electrons. The maximum absolute atomic E-state index is 11.4. The summed E-state index contributed by atoms with van der Waals surface area (Å²) in [6.07, 6.45) is 4.63. The van der Waals surface area contributed by atoms with Crippen molar-refractivity contribution in [3.63, 3.8) is 0 Å². The highest BCUT2D eigenvalue weighted by atomic mass is 32.2. The van der Waals surface area contributed by atoms with Gasteiger partial charge in [0.2, 0.25) is 5.91 Å². The average molecular weight is 240 g/mol. The molecule has 0 radical (unpaired) electrons. The number of hydrogen-bond donors (Lipinski definition) is 2. The van der Waals surface area contributed by atoms with E-state index >= 15 is 0 Å². The quantitative estimate of drug-likeness (QED) is 0.689. The van der Waals surface area contributed by atoms with Crippen LogP contribution in [0.25, 0.3) is 0 Å². The van der Waals surface area contributed by atoms with E-state index in [2.05, 4.69) is 27.5 Å². The van der Waals surface area contributed by atoms with E-state index in [1.165, 1.54) is 6.20 Å². The minimum atomic E-state index is -0.0954. The van der Waals surface area contributed by atoms with E-state index in [0.29, 0.717) is 12.4 Å². The minimum Gasteiger partial charge on any atom is -0.308 e. The highest BCUT2D eigenvalue weighted by Gasteiger charge is 2.01. The summed E-state index contributed by atoms with van der Waals surface area (Å²) in [4.78, 5) is 19.2. The summed E-state index contributed by atoms with van der Waals surface area (Å²) >= 11 is 1.85. The molecule has 0 aromatic carbocycles. The van der Waals surface area contributed by atoms with Crippen LogP contribution in [-0.4, -0.2) is 40.5 Å². The zero-order valence-electron chi connectivity index (χ0n) is 9.27. The second kappa shape index (κ2) is 8.06. The Morgan fingerprint density at radius 2 is 2.38 bits per heavy atom. The molecule has 5 nitrogen and oxygen atoms in total. The Balaban J connectivity index is 2.12. The third kappa shape index (κ3) is 5.67. The molecular formula is C10H16N4OS. The molecule has 16 heavy (non-hydrogen) atoms. The van der Waals surface area contributed by atoms with Gasteiger partial charge in [-0.1, -0.05) is 6.92 Å². The molecule has 1 rings (SSSR count). The number of anilines is 1. The molecule has 0 saturated heterocycles. The molecule has 2 N–H and O–H groups in total. The first-order valence-corrected chi connectivity index (χ1v) is 6.32. The van der Waals surface area contributed by atoms with E-state index in [9.17, 15) is 4.79 Å². The monoisotopic (exact) mass is 240 g/mol. The van der Waals surface area contributed by atoms with Gasteiger partial charge in [0, 0.05) is 24.7 Å². The molecule has 0 aliphatic rings. The van der Waals surface area contributed by atoms with Crippen LogP contribution in [-0.2, 0) is 4.79 Å². The van der Waals surface area contributed by atoms with Crippen molar-refractivity contribution in [2.45, 2.75) is 6.92 Å². The summed E-state index contributed by atoms with van der Waals surface area (Å²) in [6, 6.07) is 0. The number of nitrogens with zero attached hydrogens (tertiary/aromatic N) is 2. The molecule has 1 aromatic heterocycles.